The summed E-state index contributed by atoms with van der Waals surface area (Å²) in [5.74, 6) is -1.58. The van der Waals surface area contributed by atoms with Gasteiger partial charge >= 0.3 is 0 Å². The Morgan fingerprint density at radius 2 is 2.29 bits per heavy atom. The minimum Gasteiger partial charge on any atom is -0.312 e. The molecule has 14 heavy (non-hydrogen) atoms. The van der Waals surface area contributed by atoms with Gasteiger partial charge in [-0.1, -0.05) is 0 Å². The number of hydrogen-bond acceptors (Lipinski definition) is 3. The Balaban J connectivity index is 2.22. The highest BCUT2D eigenvalue weighted by atomic mass is 19.3. The van der Waals surface area contributed by atoms with E-state index in [0.717, 1.165) is 19.3 Å². The van der Waals surface area contributed by atoms with Crippen LogP contribution in [0.1, 0.15) is 18.6 Å². The zero-order valence-corrected chi connectivity index (χ0v) is 7.93. The van der Waals surface area contributed by atoms with Crippen molar-refractivity contribution in [3.05, 3.63) is 11.6 Å². The number of nitrogens with one attached hydrogen (secondary N) is 1. The summed E-state index contributed by atoms with van der Waals surface area (Å²) < 4.78 is 27.3. The fraction of sp³-hybridized carbons (Fsp3) is 0.750. The first-order valence-electron chi connectivity index (χ1n) is 4.56. The lowest BCUT2D eigenvalue weighted by atomic mass is 10.2. The third kappa shape index (κ3) is 1.89. The largest absolute Gasteiger partial charge is 0.312 e. The molecule has 0 fully saturated rings. The van der Waals surface area contributed by atoms with E-state index in [1.807, 2.05) is 0 Å². The number of aromatic nitrogens is 3. The Hall–Kier alpha value is -1.04. The third-order valence-corrected chi connectivity index (χ3v) is 2.17. The first-order chi connectivity index (χ1) is 6.56. The molecular formula is C8H12F2N4. The summed E-state index contributed by atoms with van der Waals surface area (Å²) in [7, 11) is 0. The summed E-state index contributed by atoms with van der Waals surface area (Å²) >= 11 is 0. The van der Waals surface area contributed by atoms with Gasteiger partial charge in [0, 0.05) is 13.1 Å². The van der Waals surface area contributed by atoms with Crippen molar-refractivity contribution in [3.63, 3.8) is 0 Å². The highest BCUT2D eigenvalue weighted by Crippen LogP contribution is 2.18. The lowest BCUT2D eigenvalue weighted by Crippen LogP contribution is -2.30. The molecule has 1 N–H and O–H groups in total. The molecule has 2 heterocycles. The molecule has 2 rings (SSSR count). The summed E-state index contributed by atoms with van der Waals surface area (Å²) in [6.45, 7) is 2.97. The van der Waals surface area contributed by atoms with Crippen molar-refractivity contribution in [3.8, 4) is 0 Å². The van der Waals surface area contributed by atoms with Crippen LogP contribution < -0.4 is 5.32 Å². The van der Waals surface area contributed by atoms with E-state index in [-0.39, 0.29) is 6.42 Å². The molecule has 0 radical (unpaired) electrons. The predicted molar refractivity (Wildman–Crippen MR) is 46.1 cm³/mol. The van der Waals surface area contributed by atoms with Gasteiger partial charge in [-0.3, -0.25) is 0 Å². The fourth-order valence-corrected chi connectivity index (χ4v) is 1.56. The van der Waals surface area contributed by atoms with Crippen molar-refractivity contribution in [1.82, 2.24) is 20.1 Å². The van der Waals surface area contributed by atoms with Crippen LogP contribution in [0.4, 0.5) is 8.78 Å². The maximum Gasteiger partial charge on any atom is 0.252 e. The Kier molecular flexibility index (Phi) is 2.22. The van der Waals surface area contributed by atoms with Gasteiger partial charge in [-0.2, -0.15) is 0 Å². The molecule has 0 saturated heterocycles. The molecular weight excluding hydrogens is 190 g/mol. The van der Waals surface area contributed by atoms with Crippen molar-refractivity contribution < 1.29 is 8.78 Å². The van der Waals surface area contributed by atoms with Gasteiger partial charge in [-0.15, -0.1) is 10.2 Å². The molecule has 1 aliphatic rings. The maximum atomic E-state index is 12.8. The van der Waals surface area contributed by atoms with E-state index < -0.39 is 5.92 Å². The molecule has 0 aliphatic carbocycles. The predicted octanol–water partition coefficient (Wildman–Crippen LogP) is 0.579. The molecule has 0 aromatic carbocycles. The van der Waals surface area contributed by atoms with Gasteiger partial charge in [-0.05, 0) is 6.92 Å². The molecule has 0 unspecified atom stereocenters. The lowest BCUT2D eigenvalue weighted by Gasteiger charge is -2.17. The second-order valence-electron chi connectivity index (χ2n) is 3.61. The zero-order chi connectivity index (χ0) is 10.2. The van der Waals surface area contributed by atoms with Crippen LogP contribution in [0.15, 0.2) is 0 Å². The van der Waals surface area contributed by atoms with E-state index in [4.69, 9.17) is 0 Å². The van der Waals surface area contributed by atoms with Crippen LogP contribution >= 0.6 is 0 Å². The van der Waals surface area contributed by atoms with Crippen LogP contribution in [0.2, 0.25) is 0 Å². The van der Waals surface area contributed by atoms with Gasteiger partial charge in [0.1, 0.15) is 11.6 Å². The van der Waals surface area contributed by atoms with E-state index in [9.17, 15) is 8.78 Å². The average molecular weight is 202 g/mol. The monoisotopic (exact) mass is 202 g/mol. The Bertz CT molecular complexity index is 329. The zero-order valence-electron chi connectivity index (χ0n) is 7.93. The normalized spacial score (nSPS) is 16.8. The molecule has 0 spiro atoms. The number of fused-ring (bicyclic) bond motifs is 1. The summed E-state index contributed by atoms with van der Waals surface area (Å²) in [5, 5.41) is 10.7. The topological polar surface area (TPSA) is 42.7 Å². The summed E-state index contributed by atoms with van der Waals surface area (Å²) in [6, 6.07) is 0. The van der Waals surface area contributed by atoms with Gasteiger partial charge in [0.05, 0.1) is 13.0 Å². The van der Waals surface area contributed by atoms with Crippen LogP contribution in [0.5, 0.6) is 0 Å². The third-order valence-electron chi connectivity index (χ3n) is 2.17. The number of alkyl halides is 2. The highest BCUT2D eigenvalue weighted by Gasteiger charge is 2.26. The van der Waals surface area contributed by atoms with E-state index in [1.54, 1.807) is 4.57 Å². The van der Waals surface area contributed by atoms with Gasteiger partial charge in [0.2, 0.25) is 0 Å². The highest BCUT2D eigenvalue weighted by molar-refractivity contribution is 5.00. The molecule has 1 aliphatic heterocycles. The first-order valence-corrected chi connectivity index (χ1v) is 4.56. The Morgan fingerprint density at radius 1 is 1.50 bits per heavy atom. The number of hydrogen-bond donors (Lipinski definition) is 1. The standard InChI is InChI=1S/C8H12F2N4/c1-8(9,10)4-6-12-13-7-5-11-2-3-14(6)7/h11H,2-5H2,1H3. The van der Waals surface area contributed by atoms with E-state index in [0.29, 0.717) is 18.9 Å². The van der Waals surface area contributed by atoms with Crippen LogP contribution in [0.3, 0.4) is 0 Å². The molecule has 78 valence electrons. The molecule has 0 saturated carbocycles. The Labute approximate surface area is 80.3 Å². The van der Waals surface area contributed by atoms with Crippen LogP contribution in [-0.4, -0.2) is 27.2 Å². The molecule has 1 aromatic rings. The summed E-state index contributed by atoms with van der Waals surface area (Å²) in [4.78, 5) is 0. The van der Waals surface area contributed by atoms with Gasteiger partial charge < -0.3 is 9.88 Å². The fourth-order valence-electron chi connectivity index (χ4n) is 1.56. The summed E-state index contributed by atoms with van der Waals surface area (Å²) in [6.07, 6.45) is -0.333. The smallest absolute Gasteiger partial charge is 0.252 e. The van der Waals surface area contributed by atoms with Crippen molar-refractivity contribution in [2.75, 3.05) is 6.54 Å². The SMILES string of the molecule is CC(F)(F)Cc1nnc2n1CCNC2. The van der Waals surface area contributed by atoms with Crippen LogP contribution in [0, 0.1) is 0 Å². The van der Waals surface area contributed by atoms with Gasteiger partial charge in [0.25, 0.3) is 5.92 Å². The molecule has 1 aromatic heterocycles. The lowest BCUT2D eigenvalue weighted by molar-refractivity contribution is 0.0195. The van der Waals surface area contributed by atoms with Gasteiger partial charge in [-0.25, -0.2) is 8.78 Å². The molecule has 0 bridgehead atoms. The van der Waals surface area contributed by atoms with Gasteiger partial charge in [0.15, 0.2) is 0 Å². The quantitative estimate of drug-likeness (QED) is 0.762. The molecule has 4 nitrogen and oxygen atoms in total. The average Bonchev–Trinajstić information content (AvgIpc) is 2.47. The summed E-state index contributed by atoms with van der Waals surface area (Å²) in [5.41, 5.74) is 0. The maximum absolute atomic E-state index is 12.8. The molecule has 0 atom stereocenters. The van der Waals surface area contributed by atoms with Crippen LogP contribution in [-0.2, 0) is 19.5 Å². The number of rotatable bonds is 2. The van der Waals surface area contributed by atoms with E-state index >= 15 is 0 Å². The molecule has 6 heteroatoms. The Morgan fingerprint density at radius 3 is 3.00 bits per heavy atom. The minimum atomic E-state index is -2.71. The second-order valence-corrected chi connectivity index (χ2v) is 3.61. The van der Waals surface area contributed by atoms with E-state index in [2.05, 4.69) is 15.5 Å². The first kappa shape index (κ1) is 9.51. The van der Waals surface area contributed by atoms with Crippen molar-refractivity contribution in [1.29, 1.82) is 0 Å². The van der Waals surface area contributed by atoms with Crippen molar-refractivity contribution >= 4 is 0 Å². The van der Waals surface area contributed by atoms with E-state index in [1.165, 1.54) is 0 Å². The van der Waals surface area contributed by atoms with Crippen LogP contribution in [0.25, 0.3) is 0 Å². The number of halogens is 2. The van der Waals surface area contributed by atoms with Crippen molar-refractivity contribution in [2.45, 2.75) is 32.4 Å². The van der Waals surface area contributed by atoms with Crippen molar-refractivity contribution in [2.24, 2.45) is 0 Å². The second kappa shape index (κ2) is 3.27. The molecule has 0 amide bonds. The number of nitrogens with zero attached hydrogens (tertiary/aromatic N) is 3. The minimum absolute atomic E-state index is 0.333.